The first kappa shape index (κ1) is 16.3. The smallest absolute Gasteiger partial charge is 0.0462 e. The van der Waals surface area contributed by atoms with Crippen LogP contribution in [0.5, 0.6) is 0 Å². The van der Waals surface area contributed by atoms with Gasteiger partial charge in [0.15, 0.2) is 0 Å². The van der Waals surface area contributed by atoms with Crippen LogP contribution >= 0.6 is 0 Å². The Morgan fingerprint density at radius 1 is 1.25 bits per heavy atom. The number of hydrogen-bond acceptors (Lipinski definition) is 3. The van der Waals surface area contributed by atoms with Gasteiger partial charge in [0, 0.05) is 38.4 Å². The highest BCUT2D eigenvalue weighted by atomic mass is 16.5. The van der Waals surface area contributed by atoms with Crippen LogP contribution in [0.1, 0.15) is 58.8 Å². The molecule has 0 aromatic rings. The van der Waals surface area contributed by atoms with Crippen molar-refractivity contribution in [2.24, 2.45) is 5.92 Å². The predicted molar refractivity (Wildman–Crippen MR) is 85.1 cm³/mol. The van der Waals surface area contributed by atoms with Gasteiger partial charge in [0.05, 0.1) is 0 Å². The summed E-state index contributed by atoms with van der Waals surface area (Å²) in [5.41, 5.74) is 0.453. The van der Waals surface area contributed by atoms with Crippen LogP contribution in [0.25, 0.3) is 0 Å². The van der Waals surface area contributed by atoms with E-state index in [1.165, 1.54) is 64.6 Å². The molecule has 0 radical (unpaired) electrons. The Morgan fingerprint density at radius 3 is 2.65 bits per heavy atom. The third-order valence-electron chi connectivity index (χ3n) is 5.08. The van der Waals surface area contributed by atoms with E-state index < -0.39 is 0 Å². The molecule has 0 bridgehead atoms. The standard InChI is InChI=1S/C17H34N2O/c1-15(2)12-16-13-18-17(8-4-5-9-17)14-19(16)10-6-7-11-20-3/h15-16,18H,4-14H2,1-3H3. The summed E-state index contributed by atoms with van der Waals surface area (Å²) in [5.74, 6) is 0.793. The molecular formula is C17H34N2O. The van der Waals surface area contributed by atoms with Crippen LogP contribution in [0.3, 0.4) is 0 Å². The predicted octanol–water partition coefficient (Wildman–Crippen LogP) is 3.05. The molecule has 1 atom stereocenters. The third-order valence-corrected chi connectivity index (χ3v) is 5.08. The number of nitrogens with zero attached hydrogens (tertiary/aromatic N) is 1. The van der Waals surface area contributed by atoms with E-state index in [1.54, 1.807) is 7.11 Å². The Bertz CT molecular complexity index is 274. The Kier molecular flexibility index (Phi) is 6.31. The van der Waals surface area contributed by atoms with Crippen molar-refractivity contribution in [3.63, 3.8) is 0 Å². The van der Waals surface area contributed by atoms with Crippen LogP contribution in [-0.2, 0) is 4.74 Å². The molecule has 2 rings (SSSR count). The quantitative estimate of drug-likeness (QED) is 0.726. The zero-order valence-corrected chi connectivity index (χ0v) is 13.8. The molecule has 3 heteroatoms. The van der Waals surface area contributed by atoms with E-state index in [2.05, 4.69) is 24.1 Å². The highest BCUT2D eigenvalue weighted by Gasteiger charge is 2.40. The van der Waals surface area contributed by atoms with Crippen LogP contribution in [0.4, 0.5) is 0 Å². The van der Waals surface area contributed by atoms with Crippen LogP contribution in [0.15, 0.2) is 0 Å². The van der Waals surface area contributed by atoms with Gasteiger partial charge in [0.2, 0.25) is 0 Å². The molecule has 3 nitrogen and oxygen atoms in total. The van der Waals surface area contributed by atoms with E-state index in [0.717, 1.165) is 18.6 Å². The fraction of sp³-hybridized carbons (Fsp3) is 1.00. The normalized spacial score (nSPS) is 26.7. The van der Waals surface area contributed by atoms with Crippen molar-refractivity contribution >= 4 is 0 Å². The van der Waals surface area contributed by atoms with Crippen molar-refractivity contribution in [3.8, 4) is 0 Å². The van der Waals surface area contributed by atoms with Crippen molar-refractivity contribution in [1.29, 1.82) is 0 Å². The van der Waals surface area contributed by atoms with Gasteiger partial charge in [-0.25, -0.2) is 0 Å². The highest BCUT2D eigenvalue weighted by molar-refractivity contribution is 5.01. The molecule has 0 aromatic carbocycles. The monoisotopic (exact) mass is 282 g/mol. The van der Waals surface area contributed by atoms with Gasteiger partial charge < -0.3 is 10.1 Å². The molecule has 1 spiro atoms. The number of ether oxygens (including phenoxy) is 1. The maximum atomic E-state index is 5.19. The maximum absolute atomic E-state index is 5.19. The molecule has 1 saturated heterocycles. The van der Waals surface area contributed by atoms with Gasteiger partial charge in [-0.05, 0) is 44.6 Å². The lowest BCUT2D eigenvalue weighted by Crippen LogP contribution is -2.63. The molecule has 1 saturated carbocycles. The van der Waals surface area contributed by atoms with Crippen LogP contribution < -0.4 is 5.32 Å². The summed E-state index contributed by atoms with van der Waals surface area (Å²) in [6.45, 7) is 9.34. The minimum atomic E-state index is 0.453. The molecule has 1 N–H and O–H groups in total. The Hall–Kier alpha value is -0.120. The summed E-state index contributed by atoms with van der Waals surface area (Å²) in [5, 5.41) is 3.92. The summed E-state index contributed by atoms with van der Waals surface area (Å²) in [4.78, 5) is 2.79. The molecule has 1 aliphatic carbocycles. The van der Waals surface area contributed by atoms with Crippen LogP contribution in [-0.4, -0.2) is 49.8 Å². The zero-order chi connectivity index (χ0) is 14.4. The van der Waals surface area contributed by atoms with E-state index in [1.807, 2.05) is 0 Å². The summed E-state index contributed by atoms with van der Waals surface area (Å²) in [6.07, 6.45) is 9.40. The second-order valence-electron chi connectivity index (χ2n) is 7.32. The first-order valence-electron chi connectivity index (χ1n) is 8.63. The van der Waals surface area contributed by atoms with E-state index >= 15 is 0 Å². The van der Waals surface area contributed by atoms with Crippen molar-refractivity contribution in [2.45, 2.75) is 70.4 Å². The minimum Gasteiger partial charge on any atom is -0.385 e. The molecule has 1 heterocycles. The molecule has 1 unspecified atom stereocenters. The second kappa shape index (κ2) is 7.77. The summed E-state index contributed by atoms with van der Waals surface area (Å²) >= 11 is 0. The Morgan fingerprint density at radius 2 is 2.00 bits per heavy atom. The Balaban J connectivity index is 1.88. The third kappa shape index (κ3) is 4.44. The maximum Gasteiger partial charge on any atom is 0.0462 e. The number of methoxy groups -OCH3 is 1. The molecule has 1 aliphatic heterocycles. The molecule has 118 valence electrons. The molecule has 2 fully saturated rings. The summed E-state index contributed by atoms with van der Waals surface area (Å²) in [7, 11) is 1.81. The average Bonchev–Trinajstić information content (AvgIpc) is 2.86. The van der Waals surface area contributed by atoms with Gasteiger partial charge in [-0.3, -0.25) is 4.90 Å². The highest BCUT2D eigenvalue weighted by Crippen LogP contribution is 2.34. The molecule has 0 aromatic heterocycles. The number of hydrogen-bond donors (Lipinski definition) is 1. The summed E-state index contributed by atoms with van der Waals surface area (Å²) in [6, 6.07) is 0.740. The van der Waals surface area contributed by atoms with Crippen LogP contribution in [0.2, 0.25) is 0 Å². The summed E-state index contributed by atoms with van der Waals surface area (Å²) < 4.78 is 5.19. The average molecular weight is 282 g/mol. The van der Waals surface area contributed by atoms with Crippen LogP contribution in [0, 0.1) is 5.92 Å². The van der Waals surface area contributed by atoms with E-state index in [4.69, 9.17) is 4.74 Å². The van der Waals surface area contributed by atoms with E-state index in [0.29, 0.717) is 5.54 Å². The van der Waals surface area contributed by atoms with Gasteiger partial charge in [-0.1, -0.05) is 26.7 Å². The lowest BCUT2D eigenvalue weighted by Gasteiger charge is -2.47. The fourth-order valence-corrected chi connectivity index (χ4v) is 4.02. The van der Waals surface area contributed by atoms with E-state index in [-0.39, 0.29) is 0 Å². The number of nitrogens with one attached hydrogen (secondary N) is 1. The first-order valence-corrected chi connectivity index (χ1v) is 8.63. The molecule has 2 aliphatic rings. The fourth-order valence-electron chi connectivity index (χ4n) is 4.02. The van der Waals surface area contributed by atoms with Gasteiger partial charge in [0.1, 0.15) is 0 Å². The van der Waals surface area contributed by atoms with Crippen molar-refractivity contribution in [3.05, 3.63) is 0 Å². The number of rotatable bonds is 7. The first-order chi connectivity index (χ1) is 9.65. The lowest BCUT2D eigenvalue weighted by atomic mass is 9.89. The molecule has 0 amide bonds. The number of unbranched alkanes of at least 4 members (excludes halogenated alkanes) is 1. The van der Waals surface area contributed by atoms with E-state index in [9.17, 15) is 0 Å². The van der Waals surface area contributed by atoms with Gasteiger partial charge in [0.25, 0.3) is 0 Å². The van der Waals surface area contributed by atoms with Gasteiger partial charge in [-0.15, -0.1) is 0 Å². The number of piperazine rings is 1. The van der Waals surface area contributed by atoms with Gasteiger partial charge in [-0.2, -0.15) is 0 Å². The molecular weight excluding hydrogens is 248 g/mol. The van der Waals surface area contributed by atoms with Crippen molar-refractivity contribution in [2.75, 3.05) is 33.4 Å². The second-order valence-corrected chi connectivity index (χ2v) is 7.32. The van der Waals surface area contributed by atoms with Crippen molar-refractivity contribution < 1.29 is 4.74 Å². The largest absolute Gasteiger partial charge is 0.385 e. The SMILES string of the molecule is COCCCCN1CC2(CCCC2)NCC1CC(C)C. The Labute approximate surface area is 125 Å². The zero-order valence-electron chi connectivity index (χ0n) is 13.8. The molecule has 20 heavy (non-hydrogen) atoms. The minimum absolute atomic E-state index is 0.453. The topological polar surface area (TPSA) is 24.5 Å². The van der Waals surface area contributed by atoms with Crippen molar-refractivity contribution in [1.82, 2.24) is 10.2 Å². The van der Waals surface area contributed by atoms with Gasteiger partial charge >= 0.3 is 0 Å². The lowest BCUT2D eigenvalue weighted by molar-refractivity contribution is 0.0657.